The van der Waals surface area contributed by atoms with Crippen LogP contribution in [0, 0.1) is 11.8 Å². The first kappa shape index (κ1) is 10.8. The molecule has 2 bridgehead atoms. The smallest absolute Gasteiger partial charge is 0.381 e. The van der Waals surface area contributed by atoms with Gasteiger partial charge in [0.25, 0.3) is 0 Å². The van der Waals surface area contributed by atoms with Gasteiger partial charge in [-0.1, -0.05) is 0 Å². The van der Waals surface area contributed by atoms with Crippen molar-refractivity contribution in [1.29, 1.82) is 0 Å². The van der Waals surface area contributed by atoms with Crippen molar-refractivity contribution in [2.75, 3.05) is 0 Å². The van der Waals surface area contributed by atoms with E-state index >= 15 is 0 Å². The highest BCUT2D eigenvalue weighted by Gasteiger charge is 2.50. The van der Waals surface area contributed by atoms with Gasteiger partial charge in [-0.2, -0.15) is 21.6 Å². The number of halogens is 3. The highest BCUT2D eigenvalue weighted by Crippen LogP contribution is 2.47. The molecule has 0 aromatic carbocycles. The molecule has 3 aliphatic carbocycles. The fourth-order valence-electron chi connectivity index (χ4n) is 1.89. The van der Waals surface area contributed by atoms with Crippen LogP contribution in [-0.4, -0.2) is 13.9 Å². The summed E-state index contributed by atoms with van der Waals surface area (Å²) in [6.07, 6.45) is 3.53. The highest BCUT2D eigenvalue weighted by atomic mass is 32.2. The molecule has 7 heteroatoms. The van der Waals surface area contributed by atoms with E-state index < -0.39 is 15.6 Å². The molecular weight excluding hydrogens is 233 g/mol. The minimum Gasteiger partial charge on any atom is -0.381 e. The highest BCUT2D eigenvalue weighted by molar-refractivity contribution is 7.87. The fraction of sp³-hybridized carbons (Fsp3) is 0.750. The first-order chi connectivity index (χ1) is 6.79. The molecule has 3 rings (SSSR count). The summed E-state index contributed by atoms with van der Waals surface area (Å²) in [6, 6.07) is 0. The lowest BCUT2D eigenvalue weighted by atomic mass is 9.68. The Kier molecular flexibility index (Phi) is 2.25. The van der Waals surface area contributed by atoms with E-state index in [0.29, 0.717) is 12.3 Å². The van der Waals surface area contributed by atoms with E-state index in [0.717, 1.165) is 12.8 Å². The van der Waals surface area contributed by atoms with Crippen LogP contribution in [0.2, 0.25) is 0 Å². The van der Waals surface area contributed by atoms with Crippen molar-refractivity contribution in [3.05, 3.63) is 11.8 Å². The maximum atomic E-state index is 12.0. The van der Waals surface area contributed by atoms with E-state index in [9.17, 15) is 21.6 Å². The van der Waals surface area contributed by atoms with E-state index in [1.54, 1.807) is 0 Å². The van der Waals surface area contributed by atoms with Crippen LogP contribution >= 0.6 is 0 Å². The summed E-state index contributed by atoms with van der Waals surface area (Å²) in [5.74, 6) is 0.326. The zero-order valence-electron chi connectivity index (χ0n) is 7.62. The Hall–Kier alpha value is -0.720. The monoisotopic (exact) mass is 242 g/mol. The number of fused-ring (bicyclic) bond motifs is 1. The Labute approximate surface area is 85.0 Å². The predicted octanol–water partition coefficient (Wildman–Crippen LogP) is 2.17. The van der Waals surface area contributed by atoms with Crippen LogP contribution in [0.25, 0.3) is 0 Å². The van der Waals surface area contributed by atoms with Crippen LogP contribution < -0.4 is 0 Å². The van der Waals surface area contributed by atoms with Crippen molar-refractivity contribution in [2.24, 2.45) is 11.8 Å². The topological polar surface area (TPSA) is 43.4 Å². The Morgan fingerprint density at radius 3 is 2.33 bits per heavy atom. The summed E-state index contributed by atoms with van der Waals surface area (Å²) in [5.41, 5.74) is -5.34. The van der Waals surface area contributed by atoms with E-state index in [4.69, 9.17) is 0 Å². The van der Waals surface area contributed by atoms with Gasteiger partial charge >= 0.3 is 15.6 Å². The van der Waals surface area contributed by atoms with Crippen molar-refractivity contribution in [3.8, 4) is 0 Å². The number of allylic oxidation sites excluding steroid dienone is 2. The zero-order chi connectivity index (χ0) is 11.3. The lowest BCUT2D eigenvalue weighted by Gasteiger charge is -2.39. The van der Waals surface area contributed by atoms with Crippen molar-refractivity contribution < 1.29 is 25.8 Å². The second kappa shape index (κ2) is 3.13. The lowest BCUT2D eigenvalue weighted by molar-refractivity contribution is -0.0535. The van der Waals surface area contributed by atoms with Crippen LogP contribution in [0.1, 0.15) is 19.3 Å². The van der Waals surface area contributed by atoms with Crippen LogP contribution in [0.15, 0.2) is 11.8 Å². The number of hydrogen-bond acceptors (Lipinski definition) is 3. The van der Waals surface area contributed by atoms with E-state index in [1.807, 2.05) is 0 Å². The Morgan fingerprint density at radius 1 is 1.33 bits per heavy atom. The van der Waals surface area contributed by atoms with Crippen molar-refractivity contribution in [3.63, 3.8) is 0 Å². The average molecular weight is 242 g/mol. The van der Waals surface area contributed by atoms with Gasteiger partial charge in [0.15, 0.2) is 0 Å². The zero-order valence-corrected chi connectivity index (χ0v) is 8.44. The summed E-state index contributed by atoms with van der Waals surface area (Å²) >= 11 is 0. The van der Waals surface area contributed by atoms with Gasteiger partial charge in [-0.3, -0.25) is 0 Å². The summed E-state index contributed by atoms with van der Waals surface area (Å²) < 4.78 is 61.5. The summed E-state index contributed by atoms with van der Waals surface area (Å²) in [7, 11) is -5.47. The maximum absolute atomic E-state index is 12.0. The van der Waals surface area contributed by atoms with E-state index in [2.05, 4.69) is 4.18 Å². The molecule has 0 aliphatic heterocycles. The molecule has 0 saturated heterocycles. The molecule has 86 valence electrons. The van der Waals surface area contributed by atoms with Crippen LogP contribution in [-0.2, 0) is 14.3 Å². The largest absolute Gasteiger partial charge is 0.534 e. The lowest BCUT2D eigenvalue weighted by Crippen LogP contribution is -2.33. The molecule has 0 aromatic heterocycles. The molecule has 0 atom stereocenters. The third-order valence-corrected chi connectivity index (χ3v) is 3.76. The van der Waals surface area contributed by atoms with E-state index in [-0.39, 0.29) is 11.7 Å². The van der Waals surface area contributed by atoms with Gasteiger partial charge in [-0.25, -0.2) is 0 Å². The van der Waals surface area contributed by atoms with Gasteiger partial charge in [0, 0.05) is 5.92 Å². The quantitative estimate of drug-likeness (QED) is 0.550. The van der Waals surface area contributed by atoms with Gasteiger partial charge in [-0.05, 0) is 31.3 Å². The Bertz CT molecular complexity index is 390. The second-order valence-electron chi connectivity index (χ2n) is 3.86. The first-order valence-corrected chi connectivity index (χ1v) is 5.91. The van der Waals surface area contributed by atoms with Crippen LogP contribution in [0.5, 0.6) is 0 Å². The van der Waals surface area contributed by atoms with Gasteiger partial charge in [0.05, 0.1) is 0 Å². The summed E-state index contributed by atoms with van der Waals surface area (Å²) in [4.78, 5) is 0. The van der Waals surface area contributed by atoms with E-state index in [1.165, 1.54) is 6.08 Å². The van der Waals surface area contributed by atoms with Gasteiger partial charge < -0.3 is 4.18 Å². The second-order valence-corrected chi connectivity index (χ2v) is 5.40. The summed E-state index contributed by atoms with van der Waals surface area (Å²) in [6.45, 7) is 0. The van der Waals surface area contributed by atoms with Gasteiger partial charge in [-0.15, -0.1) is 0 Å². The standard InChI is InChI=1S/C8H9F3O3S/c9-8(10,11)15(12,13)14-7-2-1-5-3-6(7)4-5/h2,5-6H,1,3-4H2. The number of rotatable bonds is 2. The molecule has 0 radical (unpaired) electrons. The molecule has 3 aliphatic rings. The third kappa shape index (κ3) is 1.84. The Balaban J connectivity index is 2.12. The number of hydrogen-bond donors (Lipinski definition) is 0. The normalized spacial score (nSPS) is 30.5. The SMILES string of the molecule is O=S(=O)(OC1=CCC2CC1C2)C(F)(F)F. The van der Waals surface area contributed by atoms with Gasteiger partial charge in [0.1, 0.15) is 5.76 Å². The molecule has 0 heterocycles. The molecule has 1 fully saturated rings. The van der Waals surface area contributed by atoms with Gasteiger partial charge in [0.2, 0.25) is 0 Å². The van der Waals surface area contributed by atoms with Crippen molar-refractivity contribution >= 4 is 10.1 Å². The first-order valence-electron chi connectivity index (χ1n) is 4.50. The molecular formula is C8H9F3O3S. The average Bonchev–Trinajstić information content (AvgIpc) is 1.99. The summed E-state index contributed by atoms with van der Waals surface area (Å²) in [5, 5.41) is 0. The number of alkyl halides is 3. The molecule has 0 unspecified atom stereocenters. The molecule has 0 aromatic rings. The predicted molar refractivity (Wildman–Crippen MR) is 45.0 cm³/mol. The molecule has 15 heavy (non-hydrogen) atoms. The third-order valence-electron chi connectivity index (χ3n) is 2.78. The minimum absolute atomic E-state index is 0.0326. The molecule has 1 saturated carbocycles. The van der Waals surface area contributed by atoms with Crippen LogP contribution in [0.3, 0.4) is 0 Å². The van der Waals surface area contributed by atoms with Crippen LogP contribution in [0.4, 0.5) is 13.2 Å². The molecule has 0 N–H and O–H groups in total. The van der Waals surface area contributed by atoms with Crippen molar-refractivity contribution in [2.45, 2.75) is 24.8 Å². The molecule has 0 spiro atoms. The molecule has 3 nitrogen and oxygen atoms in total. The Morgan fingerprint density at radius 2 is 1.93 bits per heavy atom. The minimum atomic E-state index is -5.47. The molecule has 0 amide bonds. The maximum Gasteiger partial charge on any atom is 0.534 e. The fourth-order valence-corrected chi connectivity index (χ4v) is 2.44. The van der Waals surface area contributed by atoms with Crippen molar-refractivity contribution in [1.82, 2.24) is 0 Å².